The minimum atomic E-state index is -3.60. The Morgan fingerprint density at radius 3 is 2.62 bits per heavy atom. The van der Waals surface area contributed by atoms with Crippen molar-refractivity contribution >= 4 is 27.1 Å². The van der Waals surface area contributed by atoms with Crippen molar-refractivity contribution in [1.29, 1.82) is 0 Å². The van der Waals surface area contributed by atoms with Gasteiger partial charge in [0, 0.05) is 31.1 Å². The third-order valence-electron chi connectivity index (χ3n) is 4.24. The number of nitrogens with zero attached hydrogens (tertiary/aromatic N) is 5. The molecule has 4 rings (SSSR count). The van der Waals surface area contributed by atoms with Crippen LogP contribution < -0.4 is 0 Å². The summed E-state index contributed by atoms with van der Waals surface area (Å²) in [5.41, 5.74) is 1.28. The zero-order chi connectivity index (χ0) is 18.3. The first-order chi connectivity index (χ1) is 12.5. The zero-order valence-electron chi connectivity index (χ0n) is 13.8. The molecule has 0 N–H and O–H groups in total. The lowest BCUT2D eigenvalue weighted by Crippen LogP contribution is -2.57. The lowest BCUT2D eigenvalue weighted by molar-refractivity contribution is 0.0653. The second-order valence-corrected chi connectivity index (χ2v) is 8.99. The molecular weight excluding hydrogens is 374 g/mol. The third-order valence-corrected chi connectivity index (χ3v) is 7.19. The van der Waals surface area contributed by atoms with Crippen molar-refractivity contribution in [2.24, 2.45) is 7.05 Å². The molecule has 1 aliphatic heterocycles. The van der Waals surface area contributed by atoms with Gasteiger partial charge >= 0.3 is 0 Å². The summed E-state index contributed by atoms with van der Waals surface area (Å²) in [5.74, 6) is -0.257. The first-order valence-corrected chi connectivity index (χ1v) is 10.3. The molecular formula is C16H15N5O3S2. The minimum absolute atomic E-state index is 0.0744. The molecule has 0 unspecified atom stereocenters. The molecule has 1 fully saturated rings. The van der Waals surface area contributed by atoms with Gasteiger partial charge in [-0.2, -0.15) is 0 Å². The number of rotatable bonds is 4. The molecule has 0 spiro atoms. The summed E-state index contributed by atoms with van der Waals surface area (Å²) >= 11 is 1.39. The highest BCUT2D eigenvalue weighted by atomic mass is 32.2. The van der Waals surface area contributed by atoms with Crippen LogP contribution in [0.3, 0.4) is 0 Å². The molecule has 1 aromatic carbocycles. The van der Waals surface area contributed by atoms with E-state index in [0.717, 1.165) is 10.6 Å². The Hall–Kier alpha value is -2.59. The van der Waals surface area contributed by atoms with Crippen LogP contribution in [0, 0.1) is 0 Å². The van der Waals surface area contributed by atoms with E-state index in [2.05, 4.69) is 15.2 Å². The van der Waals surface area contributed by atoms with Crippen molar-refractivity contribution in [3.05, 3.63) is 47.7 Å². The van der Waals surface area contributed by atoms with Gasteiger partial charge in [-0.1, -0.05) is 30.3 Å². The Kier molecular flexibility index (Phi) is 4.08. The fraction of sp³-hybridized carbons (Fsp3) is 0.250. The van der Waals surface area contributed by atoms with Crippen LogP contribution >= 0.6 is 11.3 Å². The SMILES string of the molecule is Cn1cnnc1S(=O)(=O)C1CN(C(=O)c2csc(-c3ccccc3)n2)C1. The molecule has 134 valence electrons. The van der Waals surface area contributed by atoms with Crippen molar-refractivity contribution in [3.63, 3.8) is 0 Å². The average molecular weight is 389 g/mol. The van der Waals surface area contributed by atoms with Crippen molar-refractivity contribution in [1.82, 2.24) is 24.6 Å². The summed E-state index contributed by atoms with van der Waals surface area (Å²) in [5, 5.41) is 9.00. The van der Waals surface area contributed by atoms with E-state index in [1.54, 1.807) is 12.4 Å². The number of likely N-dealkylation sites (tertiary alicyclic amines) is 1. The van der Waals surface area contributed by atoms with Gasteiger partial charge in [0.05, 0.1) is 0 Å². The van der Waals surface area contributed by atoms with Gasteiger partial charge in [0.2, 0.25) is 15.0 Å². The largest absolute Gasteiger partial charge is 0.335 e. The van der Waals surface area contributed by atoms with E-state index in [0.29, 0.717) is 5.69 Å². The topological polar surface area (TPSA) is 98.0 Å². The van der Waals surface area contributed by atoms with Crippen molar-refractivity contribution < 1.29 is 13.2 Å². The Labute approximate surface area is 154 Å². The van der Waals surface area contributed by atoms with E-state index < -0.39 is 15.1 Å². The van der Waals surface area contributed by atoms with Crippen molar-refractivity contribution in [3.8, 4) is 10.6 Å². The molecule has 0 aliphatic carbocycles. The van der Waals surface area contributed by atoms with Crippen LogP contribution in [0.5, 0.6) is 0 Å². The summed E-state index contributed by atoms with van der Waals surface area (Å²) in [7, 11) is -2.02. The maximum atomic E-state index is 12.5. The second-order valence-electron chi connectivity index (χ2n) is 6.01. The van der Waals surface area contributed by atoms with E-state index in [4.69, 9.17) is 0 Å². The van der Waals surface area contributed by atoms with Gasteiger partial charge in [-0.3, -0.25) is 4.79 Å². The molecule has 0 bridgehead atoms. The van der Waals surface area contributed by atoms with Crippen LogP contribution in [0.25, 0.3) is 10.6 Å². The number of hydrogen-bond donors (Lipinski definition) is 0. The minimum Gasteiger partial charge on any atom is -0.335 e. The molecule has 0 atom stereocenters. The standard InChI is InChI=1S/C16H15N5O3S2/c1-20-10-17-19-16(20)26(23,24)12-7-21(8-12)15(22)13-9-25-14(18-13)11-5-3-2-4-6-11/h2-6,9-10,12H,7-8H2,1H3. The smallest absolute Gasteiger partial charge is 0.273 e. The quantitative estimate of drug-likeness (QED) is 0.666. The Morgan fingerprint density at radius 2 is 1.96 bits per heavy atom. The van der Waals surface area contributed by atoms with E-state index in [1.165, 1.54) is 27.1 Å². The van der Waals surface area contributed by atoms with Gasteiger partial charge in [0.15, 0.2) is 0 Å². The molecule has 8 nitrogen and oxygen atoms in total. The molecule has 0 radical (unpaired) electrons. The highest BCUT2D eigenvalue weighted by Gasteiger charge is 2.43. The number of carbonyl (C=O) groups is 1. The number of benzene rings is 1. The van der Waals surface area contributed by atoms with E-state index in [1.807, 2.05) is 30.3 Å². The monoisotopic (exact) mass is 389 g/mol. The van der Waals surface area contributed by atoms with E-state index >= 15 is 0 Å². The number of sulfone groups is 1. The zero-order valence-corrected chi connectivity index (χ0v) is 15.4. The molecule has 1 saturated heterocycles. The lowest BCUT2D eigenvalue weighted by Gasteiger charge is -2.37. The normalized spacial score (nSPS) is 15.0. The Bertz CT molecular complexity index is 1050. The predicted octanol–water partition coefficient (Wildman–Crippen LogP) is 1.24. The molecule has 26 heavy (non-hydrogen) atoms. The number of aromatic nitrogens is 4. The second kappa shape index (κ2) is 6.29. The fourth-order valence-electron chi connectivity index (χ4n) is 2.73. The van der Waals surface area contributed by atoms with Crippen LogP contribution in [0.4, 0.5) is 0 Å². The van der Waals surface area contributed by atoms with Gasteiger partial charge in [-0.05, 0) is 0 Å². The Balaban J connectivity index is 1.46. The van der Waals surface area contributed by atoms with E-state index in [9.17, 15) is 13.2 Å². The fourth-order valence-corrected chi connectivity index (χ4v) is 5.19. The predicted molar refractivity (Wildman–Crippen MR) is 95.4 cm³/mol. The van der Waals surface area contributed by atoms with Crippen LogP contribution in [0.1, 0.15) is 10.5 Å². The van der Waals surface area contributed by atoms with Crippen LogP contribution in [0.15, 0.2) is 47.2 Å². The van der Waals surface area contributed by atoms with Crippen LogP contribution in [-0.2, 0) is 16.9 Å². The van der Waals surface area contributed by atoms with Gasteiger partial charge in [-0.15, -0.1) is 21.5 Å². The summed E-state index contributed by atoms with van der Waals surface area (Å²) in [6, 6.07) is 9.60. The number of carbonyl (C=O) groups excluding carboxylic acids is 1. The maximum absolute atomic E-state index is 12.5. The lowest BCUT2D eigenvalue weighted by atomic mass is 10.2. The highest BCUT2D eigenvalue weighted by molar-refractivity contribution is 7.92. The van der Waals surface area contributed by atoms with Crippen LogP contribution in [-0.4, -0.2) is 57.3 Å². The van der Waals surface area contributed by atoms with Gasteiger partial charge in [0.25, 0.3) is 5.91 Å². The summed E-state index contributed by atoms with van der Waals surface area (Å²) in [6.07, 6.45) is 1.34. The Morgan fingerprint density at radius 1 is 1.23 bits per heavy atom. The number of aryl methyl sites for hydroxylation is 1. The van der Waals surface area contributed by atoms with Crippen molar-refractivity contribution in [2.45, 2.75) is 10.4 Å². The van der Waals surface area contributed by atoms with Gasteiger partial charge < -0.3 is 9.47 Å². The van der Waals surface area contributed by atoms with Gasteiger partial charge in [-0.25, -0.2) is 13.4 Å². The number of hydrogen-bond acceptors (Lipinski definition) is 7. The third kappa shape index (κ3) is 2.80. The van der Waals surface area contributed by atoms with Crippen molar-refractivity contribution in [2.75, 3.05) is 13.1 Å². The van der Waals surface area contributed by atoms with Crippen LogP contribution in [0.2, 0.25) is 0 Å². The first-order valence-electron chi connectivity index (χ1n) is 7.85. The summed E-state index contributed by atoms with van der Waals surface area (Å²) < 4.78 is 26.4. The molecule has 2 aromatic heterocycles. The van der Waals surface area contributed by atoms with E-state index in [-0.39, 0.29) is 24.2 Å². The summed E-state index contributed by atoms with van der Waals surface area (Å²) in [4.78, 5) is 18.4. The summed E-state index contributed by atoms with van der Waals surface area (Å²) in [6.45, 7) is 0.262. The molecule has 1 aliphatic rings. The molecule has 3 aromatic rings. The number of amides is 1. The molecule has 0 saturated carbocycles. The highest BCUT2D eigenvalue weighted by Crippen LogP contribution is 2.27. The maximum Gasteiger partial charge on any atom is 0.273 e. The molecule has 3 heterocycles. The first kappa shape index (κ1) is 16.9. The van der Waals surface area contributed by atoms with Gasteiger partial charge in [0.1, 0.15) is 22.3 Å². The molecule has 10 heteroatoms. The average Bonchev–Trinajstić information content (AvgIpc) is 3.23. The molecule has 1 amide bonds. The number of thiazole rings is 1.